The monoisotopic (exact) mass is 341 g/mol. The molecule has 1 atom stereocenters. The van der Waals surface area contributed by atoms with Gasteiger partial charge >= 0.3 is 0 Å². The van der Waals surface area contributed by atoms with Crippen molar-refractivity contribution in [1.82, 2.24) is 0 Å². The minimum absolute atomic E-state index is 0.134. The third kappa shape index (κ3) is 3.28. The number of benzene rings is 2. The predicted octanol–water partition coefficient (Wildman–Crippen LogP) is 5.00. The SMILES string of the molecule is CCC(Nc1ccc(F)cc1F)c1cc(Br)ccc1O. The molecular weight excluding hydrogens is 328 g/mol. The molecule has 0 saturated heterocycles. The van der Waals surface area contributed by atoms with E-state index in [-0.39, 0.29) is 17.5 Å². The first-order valence-corrected chi connectivity index (χ1v) is 7.00. The third-order valence-corrected chi connectivity index (χ3v) is 3.53. The molecule has 0 radical (unpaired) electrons. The molecule has 2 aromatic rings. The maximum Gasteiger partial charge on any atom is 0.149 e. The van der Waals surface area contributed by atoms with E-state index in [1.807, 2.05) is 6.92 Å². The van der Waals surface area contributed by atoms with Crippen LogP contribution in [0.4, 0.5) is 14.5 Å². The molecular formula is C15H14BrF2NO. The maximum atomic E-state index is 13.7. The van der Waals surface area contributed by atoms with Crippen molar-refractivity contribution in [3.63, 3.8) is 0 Å². The number of hydrogen-bond acceptors (Lipinski definition) is 2. The Balaban J connectivity index is 2.31. The van der Waals surface area contributed by atoms with Gasteiger partial charge in [0.1, 0.15) is 17.4 Å². The first-order chi connectivity index (χ1) is 9.51. The lowest BCUT2D eigenvalue weighted by Crippen LogP contribution is -2.11. The molecule has 0 aromatic heterocycles. The van der Waals surface area contributed by atoms with Crippen molar-refractivity contribution in [1.29, 1.82) is 0 Å². The maximum absolute atomic E-state index is 13.7. The molecule has 0 aliphatic carbocycles. The smallest absolute Gasteiger partial charge is 0.149 e. The summed E-state index contributed by atoms with van der Waals surface area (Å²) >= 11 is 3.34. The summed E-state index contributed by atoms with van der Waals surface area (Å²) in [7, 11) is 0. The van der Waals surface area contributed by atoms with Gasteiger partial charge in [-0.25, -0.2) is 8.78 Å². The topological polar surface area (TPSA) is 32.3 Å². The molecule has 0 saturated carbocycles. The van der Waals surface area contributed by atoms with Gasteiger partial charge in [0.05, 0.1) is 11.7 Å². The molecule has 0 amide bonds. The highest BCUT2D eigenvalue weighted by Gasteiger charge is 2.16. The highest BCUT2D eigenvalue weighted by molar-refractivity contribution is 9.10. The molecule has 2 N–H and O–H groups in total. The third-order valence-electron chi connectivity index (χ3n) is 3.03. The summed E-state index contributed by atoms with van der Waals surface area (Å²) in [5, 5.41) is 12.9. The van der Waals surface area contributed by atoms with E-state index in [1.165, 1.54) is 12.1 Å². The molecule has 0 heterocycles. The molecule has 2 nitrogen and oxygen atoms in total. The van der Waals surface area contributed by atoms with E-state index in [2.05, 4.69) is 21.2 Å². The van der Waals surface area contributed by atoms with Gasteiger partial charge in [0, 0.05) is 16.1 Å². The summed E-state index contributed by atoms with van der Waals surface area (Å²) in [4.78, 5) is 0. The summed E-state index contributed by atoms with van der Waals surface area (Å²) in [6.07, 6.45) is 0.640. The van der Waals surface area contributed by atoms with Crippen molar-refractivity contribution in [2.75, 3.05) is 5.32 Å². The van der Waals surface area contributed by atoms with Crippen LogP contribution in [0.2, 0.25) is 0 Å². The standard InChI is InChI=1S/C15H14BrF2NO/c1-2-13(11-7-9(16)3-6-15(11)20)19-14-5-4-10(17)8-12(14)18/h3-8,13,19-20H,2H2,1H3. The molecule has 0 fully saturated rings. The largest absolute Gasteiger partial charge is 0.508 e. The first-order valence-electron chi connectivity index (χ1n) is 6.21. The lowest BCUT2D eigenvalue weighted by atomic mass is 10.0. The zero-order valence-electron chi connectivity index (χ0n) is 10.8. The van der Waals surface area contributed by atoms with E-state index in [9.17, 15) is 13.9 Å². The van der Waals surface area contributed by atoms with Crippen LogP contribution in [0.15, 0.2) is 40.9 Å². The fourth-order valence-electron chi connectivity index (χ4n) is 2.00. The highest BCUT2D eigenvalue weighted by atomic mass is 79.9. The van der Waals surface area contributed by atoms with E-state index >= 15 is 0 Å². The van der Waals surface area contributed by atoms with Crippen LogP contribution in [0.25, 0.3) is 0 Å². The van der Waals surface area contributed by atoms with Crippen molar-refractivity contribution in [3.8, 4) is 5.75 Å². The number of phenolic OH excluding ortho intramolecular Hbond substituents is 1. The van der Waals surface area contributed by atoms with Gasteiger partial charge in [-0.05, 0) is 36.8 Å². The van der Waals surface area contributed by atoms with Gasteiger partial charge in [-0.1, -0.05) is 22.9 Å². The summed E-state index contributed by atoms with van der Waals surface area (Å²) in [6.45, 7) is 1.92. The van der Waals surface area contributed by atoms with Gasteiger partial charge in [-0.3, -0.25) is 0 Å². The molecule has 0 bridgehead atoms. The Morgan fingerprint density at radius 1 is 1.20 bits per heavy atom. The average Bonchev–Trinajstić information content (AvgIpc) is 2.41. The molecule has 5 heteroatoms. The van der Waals surface area contributed by atoms with Gasteiger partial charge in [0.25, 0.3) is 0 Å². The predicted molar refractivity (Wildman–Crippen MR) is 78.8 cm³/mol. The normalized spacial score (nSPS) is 12.2. The average molecular weight is 342 g/mol. The van der Waals surface area contributed by atoms with Gasteiger partial charge < -0.3 is 10.4 Å². The van der Waals surface area contributed by atoms with Gasteiger partial charge in [-0.15, -0.1) is 0 Å². The van der Waals surface area contributed by atoms with Gasteiger partial charge in [0.2, 0.25) is 0 Å². The number of phenols is 1. The lowest BCUT2D eigenvalue weighted by Gasteiger charge is -2.20. The molecule has 20 heavy (non-hydrogen) atoms. The molecule has 106 valence electrons. The van der Waals surface area contributed by atoms with Crippen molar-refractivity contribution in [2.45, 2.75) is 19.4 Å². The van der Waals surface area contributed by atoms with Gasteiger partial charge in [-0.2, -0.15) is 0 Å². The van der Waals surface area contributed by atoms with E-state index < -0.39 is 11.6 Å². The van der Waals surface area contributed by atoms with E-state index in [0.717, 1.165) is 10.5 Å². The second-order valence-corrected chi connectivity index (χ2v) is 5.35. The number of rotatable bonds is 4. The van der Waals surface area contributed by atoms with Crippen LogP contribution < -0.4 is 5.32 Å². The zero-order valence-corrected chi connectivity index (χ0v) is 12.4. The second kappa shape index (κ2) is 6.22. The molecule has 0 aliphatic rings. The minimum atomic E-state index is -0.655. The van der Waals surface area contributed by atoms with Crippen LogP contribution in [0.1, 0.15) is 24.9 Å². The Morgan fingerprint density at radius 3 is 2.60 bits per heavy atom. The van der Waals surface area contributed by atoms with Crippen molar-refractivity contribution >= 4 is 21.6 Å². The Morgan fingerprint density at radius 2 is 1.95 bits per heavy atom. The van der Waals surface area contributed by atoms with Crippen LogP contribution in [-0.2, 0) is 0 Å². The molecule has 0 spiro atoms. The quantitative estimate of drug-likeness (QED) is 0.820. The van der Waals surface area contributed by atoms with E-state index in [0.29, 0.717) is 12.0 Å². The minimum Gasteiger partial charge on any atom is -0.508 e. The number of hydrogen-bond donors (Lipinski definition) is 2. The first kappa shape index (κ1) is 14.8. The lowest BCUT2D eigenvalue weighted by molar-refractivity contribution is 0.462. The fourth-order valence-corrected chi connectivity index (χ4v) is 2.38. The molecule has 1 unspecified atom stereocenters. The summed E-state index contributed by atoms with van der Waals surface area (Å²) in [6, 6.07) is 8.18. The van der Waals surface area contributed by atoms with Gasteiger partial charge in [0.15, 0.2) is 0 Å². The number of halogens is 3. The number of aromatic hydroxyl groups is 1. The molecule has 2 rings (SSSR count). The van der Waals surface area contributed by atoms with Crippen molar-refractivity contribution in [3.05, 3.63) is 58.1 Å². The van der Waals surface area contributed by atoms with E-state index in [1.54, 1.807) is 18.2 Å². The Kier molecular flexibility index (Phi) is 4.60. The Hall–Kier alpha value is -1.62. The summed E-state index contributed by atoms with van der Waals surface area (Å²) in [5.74, 6) is -1.14. The van der Waals surface area contributed by atoms with E-state index in [4.69, 9.17) is 0 Å². The second-order valence-electron chi connectivity index (χ2n) is 4.43. The fraction of sp³-hybridized carbons (Fsp3) is 0.200. The Bertz CT molecular complexity index is 619. The molecule has 2 aromatic carbocycles. The highest BCUT2D eigenvalue weighted by Crippen LogP contribution is 2.32. The zero-order chi connectivity index (χ0) is 14.7. The number of anilines is 1. The van der Waals surface area contributed by atoms with Crippen LogP contribution in [0.3, 0.4) is 0 Å². The van der Waals surface area contributed by atoms with Crippen molar-refractivity contribution in [2.24, 2.45) is 0 Å². The van der Waals surface area contributed by atoms with Crippen LogP contribution in [-0.4, -0.2) is 5.11 Å². The summed E-state index contributed by atoms with van der Waals surface area (Å²) in [5.41, 5.74) is 0.864. The number of nitrogens with one attached hydrogen (secondary N) is 1. The Labute approximate surface area is 124 Å². The summed E-state index contributed by atoms with van der Waals surface area (Å²) < 4.78 is 27.4. The van der Waals surface area contributed by atoms with Crippen LogP contribution in [0, 0.1) is 11.6 Å². The van der Waals surface area contributed by atoms with Crippen molar-refractivity contribution < 1.29 is 13.9 Å². The van der Waals surface area contributed by atoms with Crippen LogP contribution >= 0.6 is 15.9 Å². The molecule has 0 aliphatic heterocycles. The van der Waals surface area contributed by atoms with Crippen LogP contribution in [0.5, 0.6) is 5.75 Å².